The first kappa shape index (κ1) is 5.12. The van der Waals surface area contributed by atoms with E-state index in [-0.39, 0.29) is 0 Å². The van der Waals surface area contributed by atoms with Gasteiger partial charge < -0.3 is 5.32 Å². The summed E-state index contributed by atoms with van der Waals surface area (Å²) in [6.07, 6.45) is 0. The Morgan fingerprint density at radius 3 is 2.71 bits per heavy atom. The summed E-state index contributed by atoms with van der Waals surface area (Å²) in [4.78, 5) is 1.12. The quantitative estimate of drug-likeness (QED) is 0.495. The molecule has 0 aromatic carbocycles. The summed E-state index contributed by atoms with van der Waals surface area (Å²) in [7, 11) is 0. The van der Waals surface area contributed by atoms with Crippen molar-refractivity contribution in [3.8, 4) is 0 Å². The Bertz CT molecular complexity index is 105. The molecule has 1 aliphatic heterocycles. The van der Waals surface area contributed by atoms with Crippen molar-refractivity contribution in [1.29, 1.82) is 0 Å². The van der Waals surface area contributed by atoms with Crippen LogP contribution in [0, 0.1) is 0 Å². The van der Waals surface area contributed by atoms with Crippen LogP contribution in [-0.4, -0.2) is 10.9 Å². The van der Waals surface area contributed by atoms with Gasteiger partial charge in [-0.15, -0.1) is 0 Å². The van der Waals surface area contributed by atoms with E-state index in [0.29, 0.717) is 0 Å². The minimum Gasteiger partial charge on any atom is -0.366 e. The molecule has 1 aliphatic rings. The first-order valence-electron chi connectivity index (χ1n) is 1.92. The molecule has 0 radical (unpaired) electrons. The highest BCUT2D eigenvalue weighted by atomic mass is 32.2. The van der Waals surface area contributed by atoms with E-state index in [1.165, 1.54) is 0 Å². The lowest BCUT2D eigenvalue weighted by atomic mass is 10.6. The van der Waals surface area contributed by atoms with Crippen molar-refractivity contribution in [2.75, 3.05) is 6.54 Å². The smallest absolute Gasteiger partial charge is 0.138 e. The Morgan fingerprint density at radius 2 is 2.57 bits per heavy atom. The average molecular weight is 131 g/mol. The van der Waals surface area contributed by atoms with Crippen LogP contribution in [-0.2, 0) is 0 Å². The van der Waals surface area contributed by atoms with Crippen LogP contribution >= 0.6 is 24.0 Å². The molecular formula is C4H5NS2. The molecule has 1 heterocycles. The van der Waals surface area contributed by atoms with E-state index in [2.05, 4.69) is 11.9 Å². The molecule has 0 aliphatic carbocycles. The monoisotopic (exact) mass is 131 g/mol. The highest BCUT2D eigenvalue weighted by molar-refractivity contribution is 8.25. The maximum Gasteiger partial charge on any atom is 0.138 e. The first-order valence-corrected chi connectivity index (χ1v) is 3.15. The highest BCUT2D eigenvalue weighted by Gasteiger charge is 2.07. The summed E-state index contributed by atoms with van der Waals surface area (Å²) in [6.45, 7) is 4.57. The largest absolute Gasteiger partial charge is 0.366 e. The molecular weight excluding hydrogens is 126 g/mol. The molecule has 7 heavy (non-hydrogen) atoms. The second-order valence-corrected chi connectivity index (χ2v) is 3.14. The van der Waals surface area contributed by atoms with Gasteiger partial charge in [0, 0.05) is 11.4 Å². The number of rotatable bonds is 0. The summed E-state index contributed by atoms with van der Waals surface area (Å²) < 4.78 is 0.852. The predicted octanol–water partition coefficient (Wildman–Crippen LogP) is 1.12. The first-order chi connectivity index (χ1) is 3.29. The molecule has 1 saturated heterocycles. The molecule has 0 amide bonds. The molecule has 0 saturated carbocycles. The Labute approximate surface area is 52.2 Å². The van der Waals surface area contributed by atoms with E-state index in [4.69, 9.17) is 12.2 Å². The van der Waals surface area contributed by atoms with E-state index in [1.54, 1.807) is 11.8 Å². The number of hydrogen-bond acceptors (Lipinski definition) is 2. The van der Waals surface area contributed by atoms with Crippen LogP contribution in [0.25, 0.3) is 0 Å². The van der Waals surface area contributed by atoms with Gasteiger partial charge in [0.2, 0.25) is 0 Å². The lowest BCUT2D eigenvalue weighted by Gasteiger charge is -1.81. The van der Waals surface area contributed by atoms with Gasteiger partial charge >= 0.3 is 0 Å². The number of hydrogen-bond donors (Lipinski definition) is 1. The van der Waals surface area contributed by atoms with E-state index >= 15 is 0 Å². The maximum atomic E-state index is 4.79. The fourth-order valence-corrected chi connectivity index (χ4v) is 1.35. The standard InChI is InChI=1S/C4H5NS2/c1-3-2-5-4(6)7-3/h1-2H2,(H,5,6). The third-order valence-electron chi connectivity index (χ3n) is 0.667. The third kappa shape index (κ3) is 1.17. The van der Waals surface area contributed by atoms with Crippen LogP contribution in [0.4, 0.5) is 0 Å². The molecule has 0 bridgehead atoms. The van der Waals surface area contributed by atoms with Crippen LogP contribution in [0.1, 0.15) is 0 Å². The minimum atomic E-state index is 0.851. The summed E-state index contributed by atoms with van der Waals surface area (Å²) in [6, 6.07) is 0. The average Bonchev–Trinajstić information content (AvgIpc) is 1.87. The van der Waals surface area contributed by atoms with Crippen molar-refractivity contribution in [2.24, 2.45) is 0 Å². The Hall–Kier alpha value is -0.0200. The summed E-state index contributed by atoms with van der Waals surface area (Å²) in [5, 5.41) is 2.96. The second-order valence-electron chi connectivity index (χ2n) is 1.28. The van der Waals surface area contributed by atoms with Gasteiger partial charge in [-0.05, 0) is 0 Å². The van der Waals surface area contributed by atoms with Crippen LogP contribution in [0.3, 0.4) is 0 Å². The van der Waals surface area contributed by atoms with Crippen LogP contribution in [0.15, 0.2) is 11.5 Å². The van der Waals surface area contributed by atoms with Gasteiger partial charge in [0.15, 0.2) is 0 Å². The lowest BCUT2D eigenvalue weighted by Crippen LogP contribution is -2.09. The summed E-state index contributed by atoms with van der Waals surface area (Å²) in [5.41, 5.74) is 0. The molecule has 0 unspecified atom stereocenters. The molecule has 1 fully saturated rings. The van der Waals surface area contributed by atoms with Crippen molar-refractivity contribution in [1.82, 2.24) is 5.32 Å². The molecule has 1 rings (SSSR count). The zero-order valence-electron chi connectivity index (χ0n) is 3.73. The van der Waals surface area contributed by atoms with E-state index < -0.39 is 0 Å². The number of thiocarbonyl (C=S) groups is 1. The zero-order valence-corrected chi connectivity index (χ0v) is 5.36. The van der Waals surface area contributed by atoms with Crippen molar-refractivity contribution < 1.29 is 0 Å². The summed E-state index contributed by atoms with van der Waals surface area (Å²) in [5.74, 6) is 0. The fourth-order valence-electron chi connectivity index (χ4n) is 0.374. The molecule has 1 nitrogen and oxygen atoms in total. The Balaban J connectivity index is 2.55. The number of nitrogens with one attached hydrogen (secondary N) is 1. The molecule has 0 atom stereocenters. The van der Waals surface area contributed by atoms with E-state index in [9.17, 15) is 0 Å². The van der Waals surface area contributed by atoms with Gasteiger partial charge in [-0.25, -0.2) is 0 Å². The van der Waals surface area contributed by atoms with Crippen molar-refractivity contribution in [3.63, 3.8) is 0 Å². The highest BCUT2D eigenvalue weighted by Crippen LogP contribution is 2.18. The molecule has 1 N–H and O–H groups in total. The van der Waals surface area contributed by atoms with Crippen molar-refractivity contribution in [3.05, 3.63) is 11.5 Å². The third-order valence-corrected chi connectivity index (χ3v) is 1.82. The van der Waals surface area contributed by atoms with Crippen molar-refractivity contribution >= 4 is 28.3 Å². The fraction of sp³-hybridized carbons (Fsp3) is 0.250. The normalized spacial score (nSPS) is 20.0. The lowest BCUT2D eigenvalue weighted by molar-refractivity contribution is 1.09. The molecule has 38 valence electrons. The van der Waals surface area contributed by atoms with E-state index in [1.807, 2.05) is 0 Å². The van der Waals surface area contributed by atoms with Crippen molar-refractivity contribution in [2.45, 2.75) is 0 Å². The molecule has 3 heteroatoms. The van der Waals surface area contributed by atoms with Gasteiger partial charge in [-0.1, -0.05) is 30.6 Å². The van der Waals surface area contributed by atoms with Gasteiger partial charge in [0.05, 0.1) is 0 Å². The number of thioether (sulfide) groups is 1. The Morgan fingerprint density at radius 1 is 1.86 bits per heavy atom. The van der Waals surface area contributed by atoms with Crippen LogP contribution in [0.5, 0.6) is 0 Å². The SMILES string of the molecule is C=C1CNC(=S)S1. The summed E-state index contributed by atoms with van der Waals surface area (Å²) >= 11 is 6.33. The van der Waals surface area contributed by atoms with Gasteiger partial charge in [-0.3, -0.25) is 0 Å². The second kappa shape index (κ2) is 1.84. The van der Waals surface area contributed by atoms with Gasteiger partial charge in [0.1, 0.15) is 4.32 Å². The zero-order chi connectivity index (χ0) is 5.28. The topological polar surface area (TPSA) is 12.0 Å². The van der Waals surface area contributed by atoms with Gasteiger partial charge in [0.25, 0.3) is 0 Å². The van der Waals surface area contributed by atoms with E-state index in [0.717, 1.165) is 15.8 Å². The molecule has 0 spiro atoms. The predicted molar refractivity (Wildman–Crippen MR) is 37.3 cm³/mol. The minimum absolute atomic E-state index is 0.851. The van der Waals surface area contributed by atoms with Crippen LogP contribution < -0.4 is 5.32 Å². The Kier molecular flexibility index (Phi) is 1.35. The van der Waals surface area contributed by atoms with Crippen LogP contribution in [0.2, 0.25) is 0 Å². The maximum absolute atomic E-state index is 4.79. The molecule has 0 aromatic heterocycles. The van der Waals surface area contributed by atoms with Gasteiger partial charge in [-0.2, -0.15) is 0 Å². The molecule has 0 aromatic rings.